The number of ether oxygens (including phenoxy) is 1. The second kappa shape index (κ2) is 8.19. The Balaban J connectivity index is 1.90. The third-order valence-corrected chi connectivity index (χ3v) is 3.94. The second-order valence-electron chi connectivity index (χ2n) is 5.30. The highest BCUT2D eigenvalue weighted by Gasteiger charge is 2.12. The molecule has 0 aliphatic carbocycles. The molecule has 3 rings (SSSR count). The molecule has 0 aliphatic heterocycles. The average Bonchev–Trinajstić information content (AvgIpc) is 3.05. The van der Waals surface area contributed by atoms with E-state index in [0.717, 1.165) is 5.56 Å². The Bertz CT molecular complexity index is 1080. The number of nitro benzene ring substituents is 1. The van der Waals surface area contributed by atoms with Gasteiger partial charge >= 0.3 is 0 Å². The Morgan fingerprint density at radius 1 is 1.26 bits per heavy atom. The van der Waals surface area contributed by atoms with Crippen LogP contribution in [0, 0.1) is 14.9 Å². The molecular formula is C18H15N5O3S. The first-order valence-electron chi connectivity index (χ1n) is 7.87. The number of para-hydroxylation sites is 2. The molecule has 1 heterocycles. The smallest absolute Gasteiger partial charge is 0.276 e. The minimum absolute atomic E-state index is 0.0248. The van der Waals surface area contributed by atoms with Crippen LogP contribution in [0.3, 0.4) is 0 Å². The molecule has 9 heteroatoms. The topological polar surface area (TPSA) is 98.3 Å². The number of aromatic amines is 1. The standard InChI is InChI=1S/C18H15N5O3S/c1-26-16-11-5-3-9-14(16)17-20-21-18(27)22(17)19-12-6-8-13-7-2-4-10-15(13)23(24)25/h2-12H,1H3,(H,21,27). The Labute approximate surface area is 159 Å². The number of methoxy groups -OCH3 is 1. The lowest BCUT2D eigenvalue weighted by molar-refractivity contribution is -0.385. The summed E-state index contributed by atoms with van der Waals surface area (Å²) in [5.41, 5.74) is 1.23. The normalized spacial score (nSPS) is 11.3. The van der Waals surface area contributed by atoms with Crippen molar-refractivity contribution in [1.29, 1.82) is 0 Å². The molecule has 0 unspecified atom stereocenters. The van der Waals surface area contributed by atoms with Gasteiger partial charge in [-0.15, -0.1) is 0 Å². The summed E-state index contributed by atoms with van der Waals surface area (Å²) in [6.07, 6.45) is 4.69. The van der Waals surface area contributed by atoms with Gasteiger partial charge in [-0.2, -0.15) is 14.9 Å². The van der Waals surface area contributed by atoms with Gasteiger partial charge in [0.25, 0.3) is 5.69 Å². The Morgan fingerprint density at radius 3 is 2.78 bits per heavy atom. The molecule has 136 valence electrons. The van der Waals surface area contributed by atoms with Gasteiger partial charge in [-0.05, 0) is 42.6 Å². The van der Waals surface area contributed by atoms with Gasteiger partial charge in [-0.3, -0.25) is 10.1 Å². The summed E-state index contributed by atoms with van der Waals surface area (Å²) in [6, 6.07) is 13.8. The van der Waals surface area contributed by atoms with Crippen LogP contribution in [0.15, 0.2) is 59.7 Å². The zero-order chi connectivity index (χ0) is 19.2. The van der Waals surface area contributed by atoms with Crippen LogP contribution in [0.2, 0.25) is 0 Å². The predicted molar refractivity (Wildman–Crippen MR) is 105 cm³/mol. The molecule has 0 saturated carbocycles. The van der Waals surface area contributed by atoms with E-state index >= 15 is 0 Å². The maximum Gasteiger partial charge on any atom is 0.276 e. The van der Waals surface area contributed by atoms with Crippen LogP contribution in [-0.2, 0) is 0 Å². The fraction of sp³-hybridized carbons (Fsp3) is 0.0556. The van der Waals surface area contributed by atoms with Crippen molar-refractivity contribution in [2.24, 2.45) is 5.10 Å². The van der Waals surface area contributed by atoms with Gasteiger partial charge in [-0.25, -0.2) is 5.10 Å². The van der Waals surface area contributed by atoms with Gasteiger partial charge in [0.2, 0.25) is 4.77 Å². The minimum atomic E-state index is -0.428. The molecule has 0 atom stereocenters. The zero-order valence-electron chi connectivity index (χ0n) is 14.3. The van der Waals surface area contributed by atoms with E-state index in [0.29, 0.717) is 21.9 Å². The predicted octanol–water partition coefficient (Wildman–Crippen LogP) is 4.07. The van der Waals surface area contributed by atoms with E-state index in [-0.39, 0.29) is 5.69 Å². The molecule has 0 saturated heterocycles. The third kappa shape index (κ3) is 3.98. The molecule has 0 fully saturated rings. The number of benzene rings is 2. The highest BCUT2D eigenvalue weighted by molar-refractivity contribution is 7.71. The van der Waals surface area contributed by atoms with E-state index in [2.05, 4.69) is 15.3 Å². The van der Waals surface area contributed by atoms with Gasteiger partial charge in [-0.1, -0.05) is 24.3 Å². The van der Waals surface area contributed by atoms with Crippen LogP contribution in [0.5, 0.6) is 5.75 Å². The van der Waals surface area contributed by atoms with Crippen molar-refractivity contribution in [2.75, 3.05) is 7.11 Å². The first kappa shape index (κ1) is 18.2. The molecule has 0 bridgehead atoms. The molecule has 0 spiro atoms. The van der Waals surface area contributed by atoms with E-state index in [1.807, 2.05) is 24.3 Å². The molecule has 3 aromatic rings. The van der Waals surface area contributed by atoms with Crippen LogP contribution in [0.4, 0.5) is 5.69 Å². The number of allylic oxidation sites excluding steroid dienone is 1. The van der Waals surface area contributed by atoms with Crippen molar-refractivity contribution < 1.29 is 9.66 Å². The fourth-order valence-electron chi connectivity index (χ4n) is 2.45. The molecule has 1 N–H and O–H groups in total. The lowest BCUT2D eigenvalue weighted by Gasteiger charge is -2.06. The molecule has 2 aromatic carbocycles. The second-order valence-corrected chi connectivity index (χ2v) is 5.69. The van der Waals surface area contributed by atoms with Gasteiger partial charge in [0, 0.05) is 12.3 Å². The molecule has 8 nitrogen and oxygen atoms in total. The van der Waals surface area contributed by atoms with Gasteiger partial charge in [0.1, 0.15) is 5.75 Å². The lowest BCUT2D eigenvalue weighted by atomic mass is 10.1. The Morgan fingerprint density at radius 2 is 2.00 bits per heavy atom. The largest absolute Gasteiger partial charge is 0.496 e. The fourth-order valence-corrected chi connectivity index (χ4v) is 2.63. The monoisotopic (exact) mass is 381 g/mol. The van der Waals surface area contributed by atoms with Gasteiger partial charge in [0.05, 0.1) is 23.2 Å². The van der Waals surface area contributed by atoms with Crippen molar-refractivity contribution >= 4 is 30.2 Å². The molecule has 0 aliphatic rings. The lowest BCUT2D eigenvalue weighted by Crippen LogP contribution is -1.96. The Kier molecular flexibility index (Phi) is 5.53. The maximum atomic E-state index is 11.0. The van der Waals surface area contributed by atoms with Crippen molar-refractivity contribution in [3.8, 4) is 17.1 Å². The number of hydrogen-bond donors (Lipinski definition) is 1. The maximum absolute atomic E-state index is 11.0. The first-order chi connectivity index (χ1) is 13.1. The number of rotatable bonds is 6. The van der Waals surface area contributed by atoms with Crippen molar-refractivity contribution in [1.82, 2.24) is 14.9 Å². The quantitative estimate of drug-likeness (QED) is 0.300. The molecular weight excluding hydrogens is 366 g/mol. The average molecular weight is 381 g/mol. The number of hydrogen-bond acceptors (Lipinski definition) is 6. The zero-order valence-corrected chi connectivity index (χ0v) is 15.1. The van der Waals surface area contributed by atoms with Crippen LogP contribution in [0.1, 0.15) is 5.56 Å². The van der Waals surface area contributed by atoms with Crippen molar-refractivity contribution in [2.45, 2.75) is 0 Å². The molecule has 0 amide bonds. The van der Waals surface area contributed by atoms with Crippen LogP contribution >= 0.6 is 12.2 Å². The summed E-state index contributed by atoms with van der Waals surface area (Å²) in [5, 5.41) is 22.2. The molecule has 0 radical (unpaired) electrons. The van der Waals surface area contributed by atoms with E-state index < -0.39 is 4.92 Å². The molecule has 27 heavy (non-hydrogen) atoms. The Hall–Kier alpha value is -3.59. The highest BCUT2D eigenvalue weighted by Crippen LogP contribution is 2.28. The van der Waals surface area contributed by atoms with E-state index in [4.69, 9.17) is 17.0 Å². The summed E-state index contributed by atoms with van der Waals surface area (Å²) in [5.74, 6) is 1.13. The van der Waals surface area contributed by atoms with E-state index in [1.165, 1.54) is 17.0 Å². The first-order valence-corrected chi connectivity index (χ1v) is 8.28. The number of aromatic nitrogens is 3. The summed E-state index contributed by atoms with van der Waals surface area (Å²) in [6.45, 7) is 0. The van der Waals surface area contributed by atoms with Crippen molar-refractivity contribution in [3.63, 3.8) is 0 Å². The summed E-state index contributed by atoms with van der Waals surface area (Å²) < 4.78 is 7.12. The summed E-state index contributed by atoms with van der Waals surface area (Å²) in [4.78, 5) is 10.6. The molecule has 1 aromatic heterocycles. The third-order valence-electron chi connectivity index (χ3n) is 3.68. The number of nitro groups is 1. The van der Waals surface area contributed by atoms with Gasteiger partial charge in [0.15, 0.2) is 5.82 Å². The summed E-state index contributed by atoms with van der Waals surface area (Å²) >= 11 is 5.23. The van der Waals surface area contributed by atoms with Crippen LogP contribution in [0.25, 0.3) is 17.5 Å². The number of nitrogens with one attached hydrogen (secondary N) is 1. The summed E-state index contributed by atoms with van der Waals surface area (Å²) in [7, 11) is 1.57. The van der Waals surface area contributed by atoms with Crippen LogP contribution < -0.4 is 4.74 Å². The minimum Gasteiger partial charge on any atom is -0.496 e. The van der Waals surface area contributed by atoms with Crippen molar-refractivity contribution in [3.05, 3.63) is 75.1 Å². The van der Waals surface area contributed by atoms with E-state index in [1.54, 1.807) is 37.5 Å². The SMILES string of the molecule is COc1ccccc1-c1n[nH]c(=S)n1N=CC=Cc1ccccc1[N+](=O)[O-]. The number of nitrogens with zero attached hydrogens (tertiary/aromatic N) is 4. The van der Waals surface area contributed by atoms with Gasteiger partial charge < -0.3 is 4.74 Å². The number of H-pyrrole nitrogens is 1. The van der Waals surface area contributed by atoms with E-state index in [9.17, 15) is 10.1 Å². The highest BCUT2D eigenvalue weighted by atomic mass is 32.1. The van der Waals surface area contributed by atoms with Crippen LogP contribution in [-0.4, -0.2) is 33.1 Å².